The van der Waals surface area contributed by atoms with Crippen molar-refractivity contribution in [2.24, 2.45) is 5.16 Å². The normalized spacial score (nSPS) is 9.36. The van der Waals surface area contributed by atoms with Gasteiger partial charge in [-0.25, -0.2) is 4.79 Å². The summed E-state index contributed by atoms with van der Waals surface area (Å²) in [5, 5.41) is 3.55. The van der Waals surface area contributed by atoms with Gasteiger partial charge in [0, 0.05) is 0 Å². The van der Waals surface area contributed by atoms with Crippen molar-refractivity contribution in [3.63, 3.8) is 0 Å². The minimum Gasteiger partial charge on any atom is -0.466 e. The van der Waals surface area contributed by atoms with E-state index in [-0.39, 0.29) is 0 Å². The highest BCUT2D eigenvalue weighted by atomic mass is 16.6. The van der Waals surface area contributed by atoms with Crippen LogP contribution in [0.1, 0.15) is 13.8 Å². The second-order valence-corrected chi connectivity index (χ2v) is 1.97. The highest BCUT2D eigenvalue weighted by Crippen LogP contribution is 1.83. The Balaban J connectivity index is 3.61. The van der Waals surface area contributed by atoms with Crippen LogP contribution in [0.2, 0.25) is 0 Å². The average molecular weight is 157 g/mol. The smallest absolute Gasteiger partial charge is 0.333 e. The van der Waals surface area contributed by atoms with E-state index in [4.69, 9.17) is 0 Å². The highest BCUT2D eigenvalue weighted by Gasteiger charge is 1.88. The van der Waals surface area contributed by atoms with Crippen molar-refractivity contribution in [3.05, 3.63) is 12.3 Å². The lowest BCUT2D eigenvalue weighted by Gasteiger charge is -1.90. The molecule has 4 nitrogen and oxygen atoms in total. The summed E-state index contributed by atoms with van der Waals surface area (Å²) in [4.78, 5) is 15.0. The second kappa shape index (κ2) is 5.46. The fraction of sp³-hybridized carbons (Fsp3) is 0.429. The lowest BCUT2D eigenvalue weighted by Crippen LogP contribution is -1.93. The lowest BCUT2D eigenvalue weighted by atomic mass is 10.5. The standard InChI is InChI=1S/C7H11NO3/c1-6(2)8-11-5-4-7(9)10-3/h4-5H,1-3H3/b5-4+. The molecule has 0 aromatic carbocycles. The number of rotatable bonds is 3. The topological polar surface area (TPSA) is 47.9 Å². The van der Waals surface area contributed by atoms with Gasteiger partial charge in [0.05, 0.1) is 18.9 Å². The van der Waals surface area contributed by atoms with Crippen LogP contribution in [0.5, 0.6) is 0 Å². The number of hydrogen-bond donors (Lipinski definition) is 0. The van der Waals surface area contributed by atoms with Crippen LogP contribution in [0.3, 0.4) is 0 Å². The number of ether oxygens (including phenoxy) is 1. The molecule has 0 aromatic rings. The van der Waals surface area contributed by atoms with E-state index in [1.165, 1.54) is 13.4 Å². The van der Waals surface area contributed by atoms with Crippen molar-refractivity contribution in [1.82, 2.24) is 0 Å². The molecule has 0 aliphatic carbocycles. The molecule has 0 N–H and O–H groups in total. The van der Waals surface area contributed by atoms with Crippen molar-refractivity contribution in [2.75, 3.05) is 7.11 Å². The van der Waals surface area contributed by atoms with E-state index < -0.39 is 5.97 Å². The molecule has 0 radical (unpaired) electrons. The number of carbonyl (C=O) groups excluding carboxylic acids is 1. The molecule has 0 saturated heterocycles. The molecule has 11 heavy (non-hydrogen) atoms. The third kappa shape index (κ3) is 6.57. The summed E-state index contributed by atoms with van der Waals surface area (Å²) in [6, 6.07) is 0. The van der Waals surface area contributed by atoms with E-state index in [1.54, 1.807) is 13.8 Å². The molecule has 0 fully saturated rings. The van der Waals surface area contributed by atoms with Crippen LogP contribution in [0.15, 0.2) is 17.5 Å². The Kier molecular flexibility index (Phi) is 4.81. The summed E-state index contributed by atoms with van der Waals surface area (Å²) in [7, 11) is 1.29. The molecule has 0 aliphatic rings. The van der Waals surface area contributed by atoms with E-state index in [0.29, 0.717) is 0 Å². The molecule has 0 atom stereocenters. The van der Waals surface area contributed by atoms with Crippen LogP contribution >= 0.6 is 0 Å². The molecule has 62 valence electrons. The zero-order chi connectivity index (χ0) is 8.69. The molecular formula is C7H11NO3. The highest BCUT2D eigenvalue weighted by molar-refractivity contribution is 5.81. The molecule has 0 aromatic heterocycles. The Hall–Kier alpha value is -1.32. The lowest BCUT2D eigenvalue weighted by molar-refractivity contribution is -0.134. The van der Waals surface area contributed by atoms with Crippen LogP contribution in [-0.4, -0.2) is 18.8 Å². The maximum atomic E-state index is 10.4. The van der Waals surface area contributed by atoms with Gasteiger partial charge in [-0.3, -0.25) is 0 Å². The summed E-state index contributed by atoms with van der Waals surface area (Å²) >= 11 is 0. The van der Waals surface area contributed by atoms with E-state index in [2.05, 4.69) is 14.7 Å². The number of hydrogen-bond acceptors (Lipinski definition) is 4. The van der Waals surface area contributed by atoms with Gasteiger partial charge < -0.3 is 9.57 Å². The summed E-state index contributed by atoms with van der Waals surface area (Å²) < 4.78 is 4.30. The Bertz CT molecular complexity index is 180. The zero-order valence-corrected chi connectivity index (χ0v) is 6.83. The second-order valence-electron chi connectivity index (χ2n) is 1.97. The SMILES string of the molecule is COC(=O)/C=C/ON=C(C)C. The van der Waals surface area contributed by atoms with Crippen molar-refractivity contribution < 1.29 is 14.4 Å². The first-order chi connectivity index (χ1) is 5.16. The molecule has 0 amide bonds. The first-order valence-corrected chi connectivity index (χ1v) is 3.08. The van der Waals surface area contributed by atoms with Crippen molar-refractivity contribution in [1.29, 1.82) is 0 Å². The Labute approximate surface area is 65.5 Å². The first-order valence-electron chi connectivity index (χ1n) is 3.08. The van der Waals surface area contributed by atoms with Gasteiger partial charge in [-0.2, -0.15) is 0 Å². The van der Waals surface area contributed by atoms with Gasteiger partial charge in [-0.15, -0.1) is 0 Å². The van der Waals surface area contributed by atoms with Crippen LogP contribution in [0.25, 0.3) is 0 Å². The molecule has 4 heteroatoms. The fourth-order valence-electron chi connectivity index (χ4n) is 0.290. The fourth-order valence-corrected chi connectivity index (χ4v) is 0.290. The number of nitrogens with zero attached hydrogens (tertiary/aromatic N) is 1. The molecule has 0 unspecified atom stereocenters. The maximum absolute atomic E-state index is 10.4. The third-order valence-corrected chi connectivity index (χ3v) is 0.701. The largest absolute Gasteiger partial charge is 0.466 e. The van der Waals surface area contributed by atoms with Crippen LogP contribution in [-0.2, 0) is 14.4 Å². The van der Waals surface area contributed by atoms with Gasteiger partial charge in [0.2, 0.25) is 0 Å². The van der Waals surface area contributed by atoms with E-state index in [0.717, 1.165) is 11.8 Å². The Morgan fingerprint density at radius 1 is 1.45 bits per heavy atom. The third-order valence-electron chi connectivity index (χ3n) is 0.701. The monoisotopic (exact) mass is 157 g/mol. The number of carbonyl (C=O) groups is 1. The minimum absolute atomic E-state index is 0.464. The molecule has 0 rings (SSSR count). The van der Waals surface area contributed by atoms with Crippen LogP contribution in [0.4, 0.5) is 0 Å². The molecule has 0 heterocycles. The van der Waals surface area contributed by atoms with Crippen molar-refractivity contribution in [2.45, 2.75) is 13.8 Å². The van der Waals surface area contributed by atoms with Crippen molar-refractivity contribution in [3.8, 4) is 0 Å². The molecule has 0 spiro atoms. The minimum atomic E-state index is -0.464. The first kappa shape index (κ1) is 9.68. The maximum Gasteiger partial charge on any atom is 0.333 e. The Morgan fingerprint density at radius 2 is 2.09 bits per heavy atom. The van der Waals surface area contributed by atoms with Crippen LogP contribution < -0.4 is 0 Å². The van der Waals surface area contributed by atoms with Gasteiger partial charge in [-0.1, -0.05) is 5.16 Å². The number of esters is 1. The summed E-state index contributed by atoms with van der Waals surface area (Å²) in [5.74, 6) is -0.464. The number of methoxy groups -OCH3 is 1. The van der Waals surface area contributed by atoms with E-state index >= 15 is 0 Å². The number of oxime groups is 1. The van der Waals surface area contributed by atoms with Gasteiger partial charge in [0.15, 0.2) is 0 Å². The van der Waals surface area contributed by atoms with Gasteiger partial charge >= 0.3 is 5.97 Å². The molecule has 0 saturated carbocycles. The van der Waals surface area contributed by atoms with E-state index in [9.17, 15) is 4.79 Å². The quantitative estimate of drug-likeness (QED) is 0.202. The van der Waals surface area contributed by atoms with Gasteiger partial charge in [0.25, 0.3) is 0 Å². The predicted molar refractivity (Wildman–Crippen MR) is 41.0 cm³/mol. The van der Waals surface area contributed by atoms with Gasteiger partial charge in [-0.05, 0) is 13.8 Å². The molecular weight excluding hydrogens is 146 g/mol. The molecule has 0 aliphatic heterocycles. The van der Waals surface area contributed by atoms with Crippen LogP contribution in [0, 0.1) is 0 Å². The van der Waals surface area contributed by atoms with E-state index in [1.807, 2.05) is 0 Å². The Morgan fingerprint density at radius 3 is 2.55 bits per heavy atom. The summed E-state index contributed by atoms with van der Waals surface area (Å²) in [6.45, 7) is 3.57. The summed E-state index contributed by atoms with van der Waals surface area (Å²) in [5.41, 5.74) is 0.777. The molecule has 0 bridgehead atoms. The van der Waals surface area contributed by atoms with Gasteiger partial charge in [0.1, 0.15) is 6.26 Å². The van der Waals surface area contributed by atoms with Crippen molar-refractivity contribution >= 4 is 11.7 Å². The predicted octanol–water partition coefficient (Wildman–Crippen LogP) is 1.09. The summed E-state index contributed by atoms with van der Waals surface area (Å²) in [6.07, 6.45) is 2.31. The average Bonchev–Trinajstić information content (AvgIpc) is 1.97. The zero-order valence-electron chi connectivity index (χ0n) is 6.83.